The lowest BCUT2D eigenvalue weighted by atomic mass is 10.2. The van der Waals surface area contributed by atoms with E-state index in [4.69, 9.17) is 9.57 Å². The van der Waals surface area contributed by atoms with Gasteiger partial charge < -0.3 is 14.9 Å². The zero-order valence-electron chi connectivity index (χ0n) is 19.2. The number of ether oxygens (including phenoxy) is 1. The van der Waals surface area contributed by atoms with Crippen molar-refractivity contribution in [2.75, 3.05) is 6.54 Å². The van der Waals surface area contributed by atoms with Crippen LogP contribution in [0.1, 0.15) is 31.2 Å². The Hall–Kier alpha value is -4.15. The zero-order chi connectivity index (χ0) is 25.5. The van der Waals surface area contributed by atoms with Crippen LogP contribution in [0.5, 0.6) is 0 Å². The maximum Gasteiger partial charge on any atom is 0.356 e. The highest BCUT2D eigenvalue weighted by molar-refractivity contribution is 7.21. The van der Waals surface area contributed by atoms with Crippen LogP contribution in [0.3, 0.4) is 0 Å². The fourth-order valence-corrected chi connectivity index (χ4v) is 4.25. The van der Waals surface area contributed by atoms with Crippen LogP contribution in [0.4, 0.5) is 4.39 Å². The first-order chi connectivity index (χ1) is 17.4. The molecule has 184 valence electrons. The van der Waals surface area contributed by atoms with Gasteiger partial charge in [-0.15, -0.1) is 16.8 Å². The second-order valence-electron chi connectivity index (χ2n) is 7.79. The third kappa shape index (κ3) is 6.09. The average molecular weight is 508 g/mol. The molecule has 2 heterocycles. The normalized spacial score (nSPS) is 11.6. The summed E-state index contributed by atoms with van der Waals surface area (Å²) in [6.07, 6.45) is 1.11. The fourth-order valence-electron chi connectivity index (χ4n) is 3.23. The number of nitrogens with one attached hydrogen (secondary N) is 2. The number of halogens is 1. The number of rotatable bonds is 9. The van der Waals surface area contributed by atoms with E-state index in [2.05, 4.69) is 15.8 Å². The van der Waals surface area contributed by atoms with Crippen LogP contribution >= 0.6 is 11.3 Å². The Balaban J connectivity index is 1.43. The third-order valence-electron chi connectivity index (χ3n) is 5.23. The van der Waals surface area contributed by atoms with E-state index in [1.807, 2.05) is 18.2 Å². The standard InChI is InChI=1S/C26H22FN3O5S/c1-16-19(27)13-28-20-12-22(36-23(16)20)24(31)29-14-21(26(33)34-15-17-8-4-2-5-9-17)30-35-25(32)18-10-6-3-7-11-18/h2-13,21,30H,14-15H2,1H3,(H,29,31)/t21-/m1/s1. The van der Waals surface area contributed by atoms with Crippen molar-refractivity contribution in [3.8, 4) is 0 Å². The number of aromatic nitrogens is 1. The largest absolute Gasteiger partial charge is 0.460 e. The Kier molecular flexibility index (Phi) is 7.99. The lowest BCUT2D eigenvalue weighted by Gasteiger charge is -2.17. The summed E-state index contributed by atoms with van der Waals surface area (Å²) in [6.45, 7) is 1.39. The quantitative estimate of drug-likeness (QED) is 0.261. The molecule has 1 amide bonds. The number of carbonyl (C=O) groups is 3. The molecule has 4 rings (SSSR count). The second-order valence-corrected chi connectivity index (χ2v) is 8.84. The van der Waals surface area contributed by atoms with Crippen molar-refractivity contribution in [2.24, 2.45) is 0 Å². The van der Waals surface area contributed by atoms with Crippen LogP contribution in [0.15, 0.2) is 72.9 Å². The van der Waals surface area contributed by atoms with Crippen molar-refractivity contribution < 1.29 is 28.3 Å². The summed E-state index contributed by atoms with van der Waals surface area (Å²) in [7, 11) is 0. The zero-order valence-corrected chi connectivity index (χ0v) is 20.0. The predicted molar refractivity (Wildman–Crippen MR) is 132 cm³/mol. The second kappa shape index (κ2) is 11.5. The first kappa shape index (κ1) is 25.0. The van der Waals surface area contributed by atoms with E-state index in [1.54, 1.807) is 55.5 Å². The molecule has 2 N–H and O–H groups in total. The lowest BCUT2D eigenvalue weighted by molar-refractivity contribution is -0.150. The highest BCUT2D eigenvalue weighted by Gasteiger charge is 2.24. The van der Waals surface area contributed by atoms with Crippen LogP contribution in [0.2, 0.25) is 0 Å². The molecule has 0 aliphatic heterocycles. The summed E-state index contributed by atoms with van der Waals surface area (Å²) in [5, 5.41) is 2.63. The minimum absolute atomic E-state index is 0.00521. The Labute approximate surface area is 210 Å². The molecule has 10 heteroatoms. The van der Waals surface area contributed by atoms with Gasteiger partial charge in [-0.05, 0) is 30.7 Å². The van der Waals surface area contributed by atoms with Crippen molar-refractivity contribution in [2.45, 2.75) is 19.6 Å². The summed E-state index contributed by atoms with van der Waals surface area (Å²) in [5.74, 6) is -2.37. The van der Waals surface area contributed by atoms with E-state index in [-0.39, 0.29) is 18.7 Å². The number of hydrogen-bond acceptors (Lipinski definition) is 8. The number of amides is 1. The van der Waals surface area contributed by atoms with Gasteiger partial charge in [0.25, 0.3) is 5.91 Å². The van der Waals surface area contributed by atoms with Crippen molar-refractivity contribution >= 4 is 39.4 Å². The number of aryl methyl sites for hydroxylation is 1. The number of hydrogen-bond donors (Lipinski definition) is 2. The molecule has 0 fully saturated rings. The molecule has 1 atom stereocenters. The highest BCUT2D eigenvalue weighted by Crippen LogP contribution is 2.28. The van der Waals surface area contributed by atoms with Crippen LogP contribution in [0, 0.1) is 12.7 Å². The average Bonchev–Trinajstić information content (AvgIpc) is 3.35. The lowest BCUT2D eigenvalue weighted by Crippen LogP contribution is -2.47. The monoisotopic (exact) mass is 507 g/mol. The Bertz CT molecular complexity index is 1380. The third-order valence-corrected chi connectivity index (χ3v) is 6.47. The molecule has 0 saturated heterocycles. The van der Waals surface area contributed by atoms with Gasteiger partial charge >= 0.3 is 11.9 Å². The SMILES string of the molecule is Cc1c(F)cnc2cc(C(=O)NC[C@@H](NOC(=O)c3ccccc3)C(=O)OCc3ccccc3)sc12. The van der Waals surface area contributed by atoms with Gasteiger partial charge in [0, 0.05) is 12.1 Å². The van der Waals surface area contributed by atoms with E-state index < -0.39 is 29.7 Å². The Morgan fingerprint density at radius 1 is 1.06 bits per heavy atom. The molecular weight excluding hydrogens is 485 g/mol. The summed E-state index contributed by atoms with van der Waals surface area (Å²) >= 11 is 1.09. The number of thiophene rings is 1. The van der Waals surface area contributed by atoms with Crippen molar-refractivity contribution in [1.82, 2.24) is 15.8 Å². The predicted octanol–water partition coefficient (Wildman–Crippen LogP) is 3.95. The molecule has 2 aromatic heterocycles. The summed E-state index contributed by atoms with van der Waals surface area (Å²) in [4.78, 5) is 47.2. The number of hydroxylamine groups is 1. The van der Waals surface area contributed by atoms with Gasteiger partial charge in [-0.1, -0.05) is 48.5 Å². The van der Waals surface area contributed by atoms with Crippen molar-refractivity contribution in [3.05, 3.63) is 100 Å². The van der Waals surface area contributed by atoms with Crippen LogP contribution < -0.4 is 10.8 Å². The minimum atomic E-state index is -1.18. The van der Waals surface area contributed by atoms with Gasteiger partial charge in [0.15, 0.2) is 6.04 Å². The molecule has 8 nitrogen and oxygen atoms in total. The number of nitrogens with zero attached hydrogens (tertiary/aromatic N) is 1. The smallest absolute Gasteiger partial charge is 0.356 e. The number of fused-ring (bicyclic) bond motifs is 1. The first-order valence-electron chi connectivity index (χ1n) is 11.0. The summed E-state index contributed by atoms with van der Waals surface area (Å²) < 4.78 is 19.7. The summed E-state index contributed by atoms with van der Waals surface area (Å²) in [6, 6.07) is 17.7. The maximum atomic E-state index is 13.8. The number of carbonyl (C=O) groups excluding carboxylic acids is 3. The molecule has 36 heavy (non-hydrogen) atoms. The maximum absolute atomic E-state index is 13.8. The van der Waals surface area contributed by atoms with E-state index in [9.17, 15) is 18.8 Å². The Morgan fingerprint density at radius 3 is 2.47 bits per heavy atom. The molecule has 0 bridgehead atoms. The fraction of sp³-hybridized carbons (Fsp3) is 0.154. The molecule has 2 aromatic carbocycles. The van der Waals surface area contributed by atoms with Crippen LogP contribution in [0.25, 0.3) is 10.2 Å². The van der Waals surface area contributed by atoms with E-state index in [0.29, 0.717) is 20.7 Å². The number of pyridine rings is 1. The molecule has 0 saturated carbocycles. The van der Waals surface area contributed by atoms with E-state index >= 15 is 0 Å². The van der Waals surface area contributed by atoms with Gasteiger partial charge in [-0.2, -0.15) is 0 Å². The molecule has 0 spiro atoms. The van der Waals surface area contributed by atoms with Gasteiger partial charge in [0.2, 0.25) is 0 Å². The summed E-state index contributed by atoms with van der Waals surface area (Å²) in [5.41, 5.74) is 4.36. The number of esters is 1. The minimum Gasteiger partial charge on any atom is -0.460 e. The molecule has 0 aliphatic carbocycles. The van der Waals surface area contributed by atoms with Gasteiger partial charge in [0.1, 0.15) is 12.4 Å². The van der Waals surface area contributed by atoms with Gasteiger partial charge in [-0.25, -0.2) is 9.18 Å². The van der Waals surface area contributed by atoms with E-state index in [1.165, 1.54) is 0 Å². The highest BCUT2D eigenvalue weighted by atomic mass is 32.1. The van der Waals surface area contributed by atoms with Gasteiger partial charge in [0.05, 0.1) is 26.9 Å². The molecule has 4 aromatic rings. The molecule has 0 radical (unpaired) electrons. The van der Waals surface area contributed by atoms with Crippen LogP contribution in [-0.4, -0.2) is 35.4 Å². The van der Waals surface area contributed by atoms with Crippen molar-refractivity contribution in [3.63, 3.8) is 0 Å². The van der Waals surface area contributed by atoms with Crippen molar-refractivity contribution in [1.29, 1.82) is 0 Å². The van der Waals surface area contributed by atoms with Crippen LogP contribution in [-0.2, 0) is 21.0 Å². The topological polar surface area (TPSA) is 107 Å². The first-order valence-corrected chi connectivity index (χ1v) is 11.8. The molecular formula is C26H22FN3O5S. The molecule has 0 aliphatic rings. The molecule has 0 unspecified atom stereocenters. The number of benzene rings is 2. The van der Waals surface area contributed by atoms with Gasteiger partial charge in [-0.3, -0.25) is 14.6 Å². The van der Waals surface area contributed by atoms with E-state index in [0.717, 1.165) is 23.1 Å². The Morgan fingerprint density at radius 2 is 1.75 bits per heavy atom.